The van der Waals surface area contributed by atoms with E-state index in [0.29, 0.717) is 0 Å². The minimum absolute atomic E-state index is 1.03. The summed E-state index contributed by atoms with van der Waals surface area (Å²) in [5.74, 6) is 0. The maximum Gasteiger partial charge on any atom is 0.0532 e. The summed E-state index contributed by atoms with van der Waals surface area (Å²) in [7, 11) is 0. The molecule has 1 nitrogen and oxygen atoms in total. The molecule has 0 unspecified atom stereocenters. The molecule has 0 amide bonds. The molecule has 5 aromatic carbocycles. The van der Waals surface area contributed by atoms with Gasteiger partial charge in [0.25, 0.3) is 0 Å². The Kier molecular flexibility index (Phi) is 3.29. The average molecular weight is 446 g/mol. The van der Waals surface area contributed by atoms with Crippen molar-refractivity contribution in [1.82, 2.24) is 0 Å². The van der Waals surface area contributed by atoms with E-state index in [-0.39, 0.29) is 0 Å². The third-order valence-corrected chi connectivity index (χ3v) is 8.81. The van der Waals surface area contributed by atoms with Gasteiger partial charge in [-0.2, -0.15) is 0 Å². The van der Waals surface area contributed by atoms with Gasteiger partial charge in [-0.1, -0.05) is 78.9 Å². The van der Waals surface area contributed by atoms with E-state index < -0.39 is 0 Å². The molecule has 2 heterocycles. The molecule has 0 saturated carbocycles. The summed E-state index contributed by atoms with van der Waals surface area (Å²) < 4.78 is 0. The van der Waals surface area contributed by atoms with Crippen LogP contribution in [0.4, 0.5) is 17.1 Å². The zero-order valence-corrected chi connectivity index (χ0v) is 19.4. The van der Waals surface area contributed by atoms with Crippen molar-refractivity contribution in [3.05, 3.63) is 136 Å². The molecule has 0 spiro atoms. The molecule has 5 aromatic rings. The monoisotopic (exact) mass is 445 g/mol. The SMILES string of the molecule is c1ccc2c(c1)Cc1c-2ccc2c1Cc1cccc3c1N2c1ccc2c(c1C3)Cc1ccccc1-2. The zero-order chi connectivity index (χ0) is 22.7. The third kappa shape index (κ3) is 2.24. The molecule has 2 aliphatic heterocycles. The number of benzene rings is 5. The van der Waals surface area contributed by atoms with Crippen LogP contribution in [0, 0.1) is 0 Å². The van der Waals surface area contributed by atoms with E-state index in [2.05, 4.69) is 95.9 Å². The second-order valence-electron chi connectivity index (χ2n) is 10.5. The Hall–Kier alpha value is -4.10. The quantitative estimate of drug-likeness (QED) is 0.228. The Morgan fingerprint density at radius 3 is 1.37 bits per heavy atom. The van der Waals surface area contributed by atoms with E-state index in [9.17, 15) is 0 Å². The third-order valence-electron chi connectivity index (χ3n) is 8.81. The Morgan fingerprint density at radius 1 is 0.371 bits per heavy atom. The number of para-hydroxylation sites is 1. The van der Waals surface area contributed by atoms with Crippen molar-refractivity contribution < 1.29 is 0 Å². The van der Waals surface area contributed by atoms with Crippen LogP contribution in [-0.2, 0) is 25.7 Å². The molecular formula is C34H23N. The number of hydrogen-bond donors (Lipinski definition) is 0. The lowest BCUT2D eigenvalue weighted by Crippen LogP contribution is -2.26. The summed E-state index contributed by atoms with van der Waals surface area (Å²) in [6, 6.07) is 34.4. The van der Waals surface area contributed by atoms with Gasteiger partial charge >= 0.3 is 0 Å². The van der Waals surface area contributed by atoms with Crippen molar-refractivity contribution in [2.24, 2.45) is 0 Å². The summed E-state index contributed by atoms with van der Waals surface area (Å²) >= 11 is 0. The van der Waals surface area contributed by atoms with Crippen LogP contribution in [0.1, 0.15) is 44.5 Å². The van der Waals surface area contributed by atoms with Crippen LogP contribution in [-0.4, -0.2) is 0 Å². The van der Waals surface area contributed by atoms with Gasteiger partial charge in [-0.3, -0.25) is 0 Å². The first-order chi connectivity index (χ1) is 17.3. The van der Waals surface area contributed by atoms with Gasteiger partial charge in [0.05, 0.1) is 17.1 Å². The highest BCUT2D eigenvalue weighted by atomic mass is 15.2. The van der Waals surface area contributed by atoms with Crippen molar-refractivity contribution in [3.63, 3.8) is 0 Å². The highest BCUT2D eigenvalue weighted by molar-refractivity contribution is 5.94. The van der Waals surface area contributed by atoms with E-state index >= 15 is 0 Å². The fourth-order valence-electron chi connectivity index (χ4n) is 7.31. The lowest BCUT2D eigenvalue weighted by atomic mass is 9.82. The number of nitrogens with zero attached hydrogens (tertiary/aromatic N) is 1. The van der Waals surface area contributed by atoms with E-state index in [1.165, 1.54) is 83.8 Å². The largest absolute Gasteiger partial charge is 0.309 e. The highest BCUT2D eigenvalue weighted by Crippen LogP contribution is 2.55. The predicted octanol–water partition coefficient (Wildman–Crippen LogP) is 8.11. The smallest absolute Gasteiger partial charge is 0.0532 e. The first-order valence-corrected chi connectivity index (χ1v) is 12.7. The summed E-state index contributed by atoms with van der Waals surface area (Å²) in [4.78, 5) is 2.61. The van der Waals surface area contributed by atoms with E-state index in [1.54, 1.807) is 0 Å². The molecule has 0 atom stereocenters. The number of rotatable bonds is 0. The topological polar surface area (TPSA) is 3.24 Å². The van der Waals surface area contributed by atoms with Crippen molar-refractivity contribution in [2.75, 3.05) is 4.90 Å². The standard InChI is InChI=1S/C34H23N/c1-3-10-24-20(6-1)16-28-26(24)12-14-32-30(28)18-22-8-5-9-23-19-31-29-17-21-7-2-4-11-25(21)27(29)13-15-33(31)35(32)34(22)23/h1-15H,16-19H2. The van der Waals surface area contributed by atoms with Gasteiger partial charge < -0.3 is 4.90 Å². The number of hydrogen-bond acceptors (Lipinski definition) is 1. The van der Waals surface area contributed by atoms with Crippen molar-refractivity contribution in [1.29, 1.82) is 0 Å². The maximum absolute atomic E-state index is 2.61. The van der Waals surface area contributed by atoms with Gasteiger partial charge in [-0.15, -0.1) is 0 Å². The van der Waals surface area contributed by atoms with Crippen LogP contribution in [0.15, 0.2) is 91.0 Å². The second kappa shape index (κ2) is 6.31. The Morgan fingerprint density at radius 2 is 0.829 bits per heavy atom. The highest BCUT2D eigenvalue weighted by Gasteiger charge is 2.36. The van der Waals surface area contributed by atoms with E-state index in [0.717, 1.165) is 25.7 Å². The fourth-order valence-corrected chi connectivity index (χ4v) is 7.31. The summed E-state index contributed by atoms with van der Waals surface area (Å²) in [5, 5.41) is 0. The lowest BCUT2D eigenvalue weighted by Gasteiger charge is -2.40. The molecule has 0 radical (unpaired) electrons. The Balaban J connectivity index is 1.30. The van der Waals surface area contributed by atoms with Gasteiger partial charge in [-0.05, 0) is 91.7 Å². The van der Waals surface area contributed by atoms with Gasteiger partial charge in [0.15, 0.2) is 0 Å². The lowest BCUT2D eigenvalue weighted by molar-refractivity contribution is 0.986. The predicted molar refractivity (Wildman–Crippen MR) is 143 cm³/mol. The minimum Gasteiger partial charge on any atom is -0.309 e. The van der Waals surface area contributed by atoms with E-state index in [4.69, 9.17) is 0 Å². The molecule has 1 heteroatoms. The molecule has 9 rings (SSSR count). The molecule has 0 aromatic heterocycles. The van der Waals surface area contributed by atoms with Crippen molar-refractivity contribution >= 4 is 17.1 Å². The molecule has 164 valence electrons. The Labute approximate surface area is 205 Å². The van der Waals surface area contributed by atoms with Crippen LogP contribution in [0.3, 0.4) is 0 Å². The maximum atomic E-state index is 2.61. The van der Waals surface area contributed by atoms with Crippen LogP contribution in [0.2, 0.25) is 0 Å². The van der Waals surface area contributed by atoms with Gasteiger partial charge in [0.1, 0.15) is 0 Å². The minimum atomic E-state index is 1.03. The van der Waals surface area contributed by atoms with Gasteiger partial charge in [0, 0.05) is 12.8 Å². The molecule has 35 heavy (non-hydrogen) atoms. The fraction of sp³-hybridized carbons (Fsp3) is 0.118. The molecular weight excluding hydrogens is 422 g/mol. The van der Waals surface area contributed by atoms with Gasteiger partial charge in [0.2, 0.25) is 0 Å². The molecule has 0 fully saturated rings. The second-order valence-corrected chi connectivity index (χ2v) is 10.5. The number of anilines is 3. The molecule has 2 aliphatic carbocycles. The zero-order valence-electron chi connectivity index (χ0n) is 19.4. The normalized spacial score (nSPS) is 14.9. The van der Waals surface area contributed by atoms with Crippen molar-refractivity contribution in [2.45, 2.75) is 25.7 Å². The molecule has 0 bridgehead atoms. The van der Waals surface area contributed by atoms with Crippen LogP contribution in [0.5, 0.6) is 0 Å². The first kappa shape index (κ1) is 18.3. The van der Waals surface area contributed by atoms with Gasteiger partial charge in [-0.25, -0.2) is 0 Å². The van der Waals surface area contributed by atoms with E-state index in [1.807, 2.05) is 0 Å². The van der Waals surface area contributed by atoms with Crippen LogP contribution < -0.4 is 4.90 Å². The first-order valence-electron chi connectivity index (χ1n) is 12.7. The number of fused-ring (bicyclic) bond motifs is 12. The summed E-state index contributed by atoms with van der Waals surface area (Å²) in [6.45, 7) is 0. The Bertz CT molecular complexity index is 1630. The molecule has 0 saturated heterocycles. The summed E-state index contributed by atoms with van der Waals surface area (Å²) in [5.41, 5.74) is 21.8. The molecule has 0 N–H and O–H groups in total. The average Bonchev–Trinajstić information content (AvgIpc) is 3.47. The summed E-state index contributed by atoms with van der Waals surface area (Å²) in [6.07, 6.45) is 4.14. The van der Waals surface area contributed by atoms with Crippen molar-refractivity contribution in [3.8, 4) is 22.3 Å². The van der Waals surface area contributed by atoms with Crippen LogP contribution in [0.25, 0.3) is 22.3 Å². The van der Waals surface area contributed by atoms with Crippen LogP contribution >= 0.6 is 0 Å². The molecule has 4 aliphatic rings.